The molecule has 0 aliphatic rings. The molecule has 0 radical (unpaired) electrons. The first-order valence-corrected chi connectivity index (χ1v) is 4.53. The Labute approximate surface area is 76.1 Å². The fraction of sp³-hybridized carbons (Fsp3) is 0.778. The molecule has 3 heteroatoms. The highest BCUT2D eigenvalue weighted by Crippen LogP contribution is 2.11. The Morgan fingerprint density at radius 2 is 1.67 bits per heavy atom. The van der Waals surface area contributed by atoms with Crippen LogP contribution in [-0.2, 0) is 9.39 Å². The topological polar surface area (TPSA) is 18.5 Å². The van der Waals surface area contributed by atoms with Gasteiger partial charge in [0.2, 0.25) is 0 Å². The molecular formula is C9H19BO2. The van der Waals surface area contributed by atoms with Crippen LogP contribution < -0.4 is 0 Å². The van der Waals surface area contributed by atoms with Crippen LogP contribution in [0.2, 0.25) is 12.6 Å². The van der Waals surface area contributed by atoms with Gasteiger partial charge < -0.3 is 9.39 Å². The van der Waals surface area contributed by atoms with Crippen molar-refractivity contribution >= 4 is 6.92 Å². The van der Waals surface area contributed by atoms with E-state index in [1.54, 1.807) is 7.11 Å². The van der Waals surface area contributed by atoms with Crippen molar-refractivity contribution in [2.75, 3.05) is 7.11 Å². The Morgan fingerprint density at radius 1 is 1.17 bits per heavy atom. The summed E-state index contributed by atoms with van der Waals surface area (Å²) in [4.78, 5) is 0. The monoisotopic (exact) mass is 170 g/mol. The molecule has 0 bridgehead atoms. The van der Waals surface area contributed by atoms with Crippen molar-refractivity contribution in [2.45, 2.75) is 40.3 Å². The van der Waals surface area contributed by atoms with E-state index in [2.05, 4.69) is 13.8 Å². The van der Waals surface area contributed by atoms with E-state index in [9.17, 15) is 0 Å². The number of hydrogen-bond donors (Lipinski definition) is 0. The van der Waals surface area contributed by atoms with Gasteiger partial charge >= 0.3 is 6.92 Å². The van der Waals surface area contributed by atoms with Crippen molar-refractivity contribution in [3.8, 4) is 0 Å². The number of rotatable bonds is 5. The fourth-order valence-corrected chi connectivity index (χ4v) is 0.977. The summed E-state index contributed by atoms with van der Waals surface area (Å²) in [5.41, 5.74) is 1.09. The SMILES string of the molecule is CCB(CC)OC(OC)=C(C)C. The lowest BCUT2D eigenvalue weighted by atomic mass is 9.63. The van der Waals surface area contributed by atoms with Gasteiger partial charge in [-0.25, -0.2) is 0 Å². The van der Waals surface area contributed by atoms with E-state index in [-0.39, 0.29) is 6.92 Å². The van der Waals surface area contributed by atoms with Crippen LogP contribution in [0.25, 0.3) is 0 Å². The molecule has 70 valence electrons. The molecule has 0 aliphatic carbocycles. The van der Waals surface area contributed by atoms with Gasteiger partial charge in [-0.3, -0.25) is 0 Å². The molecule has 0 saturated heterocycles. The number of methoxy groups -OCH3 is 1. The zero-order chi connectivity index (χ0) is 9.56. The molecule has 0 fully saturated rings. The predicted octanol–water partition coefficient (Wildman–Crippen LogP) is 2.93. The predicted molar refractivity (Wildman–Crippen MR) is 53.2 cm³/mol. The molecule has 0 heterocycles. The molecule has 0 aromatic heterocycles. The van der Waals surface area contributed by atoms with Gasteiger partial charge in [0, 0.05) is 5.57 Å². The summed E-state index contributed by atoms with van der Waals surface area (Å²) in [6.07, 6.45) is 2.05. The van der Waals surface area contributed by atoms with Crippen molar-refractivity contribution in [1.82, 2.24) is 0 Å². The van der Waals surface area contributed by atoms with E-state index in [0.717, 1.165) is 18.2 Å². The molecule has 0 unspecified atom stereocenters. The first-order valence-electron chi connectivity index (χ1n) is 4.53. The van der Waals surface area contributed by atoms with Crippen LogP contribution in [-0.4, -0.2) is 14.0 Å². The average molecular weight is 170 g/mol. The highest BCUT2D eigenvalue weighted by Gasteiger charge is 2.14. The number of hydrogen-bond acceptors (Lipinski definition) is 2. The Morgan fingerprint density at radius 3 is 1.92 bits per heavy atom. The third-order valence-electron chi connectivity index (χ3n) is 1.78. The first-order chi connectivity index (χ1) is 5.65. The highest BCUT2D eigenvalue weighted by molar-refractivity contribution is 6.51. The van der Waals surface area contributed by atoms with E-state index in [1.807, 2.05) is 13.8 Å². The van der Waals surface area contributed by atoms with Gasteiger partial charge in [0.05, 0.1) is 7.11 Å². The summed E-state index contributed by atoms with van der Waals surface area (Å²) in [7, 11) is 1.64. The summed E-state index contributed by atoms with van der Waals surface area (Å²) in [6.45, 7) is 8.50. The Bertz CT molecular complexity index is 147. The average Bonchev–Trinajstić information content (AvgIpc) is 2.06. The third-order valence-corrected chi connectivity index (χ3v) is 1.78. The summed E-state index contributed by atoms with van der Waals surface area (Å²) in [5, 5.41) is 0. The van der Waals surface area contributed by atoms with Crippen LogP contribution in [0.5, 0.6) is 0 Å². The van der Waals surface area contributed by atoms with Crippen LogP contribution in [0.4, 0.5) is 0 Å². The van der Waals surface area contributed by atoms with Gasteiger partial charge in [0.15, 0.2) is 0 Å². The molecule has 0 rings (SSSR count). The molecule has 2 nitrogen and oxygen atoms in total. The maximum atomic E-state index is 5.62. The molecule has 0 atom stereocenters. The van der Waals surface area contributed by atoms with E-state index in [1.165, 1.54) is 0 Å². The molecule has 12 heavy (non-hydrogen) atoms. The molecule has 0 aromatic rings. The van der Waals surface area contributed by atoms with Crippen molar-refractivity contribution in [3.05, 3.63) is 11.5 Å². The van der Waals surface area contributed by atoms with E-state index in [4.69, 9.17) is 9.39 Å². The Kier molecular flexibility index (Phi) is 5.68. The zero-order valence-corrected chi connectivity index (χ0v) is 8.81. The fourth-order valence-electron chi connectivity index (χ4n) is 0.977. The molecule has 0 saturated carbocycles. The van der Waals surface area contributed by atoms with Crippen LogP contribution in [0.1, 0.15) is 27.7 Å². The van der Waals surface area contributed by atoms with Crippen molar-refractivity contribution in [2.24, 2.45) is 0 Å². The van der Waals surface area contributed by atoms with Crippen LogP contribution in [0, 0.1) is 0 Å². The lowest BCUT2D eigenvalue weighted by molar-refractivity contribution is 0.145. The summed E-state index contributed by atoms with van der Waals surface area (Å²) >= 11 is 0. The summed E-state index contributed by atoms with van der Waals surface area (Å²) in [5.74, 6) is 0.670. The Hall–Kier alpha value is -0.595. The van der Waals surface area contributed by atoms with Crippen molar-refractivity contribution < 1.29 is 9.39 Å². The van der Waals surface area contributed by atoms with Gasteiger partial charge in [0.1, 0.15) is 0 Å². The van der Waals surface area contributed by atoms with Gasteiger partial charge in [-0.05, 0) is 26.5 Å². The minimum absolute atomic E-state index is 0.287. The largest absolute Gasteiger partial charge is 0.536 e. The molecule has 0 aliphatic heterocycles. The number of allylic oxidation sites excluding steroid dienone is 1. The maximum Gasteiger partial charge on any atom is 0.361 e. The summed E-state index contributed by atoms with van der Waals surface area (Å²) in [6, 6.07) is 0. The van der Waals surface area contributed by atoms with Gasteiger partial charge in [-0.1, -0.05) is 13.8 Å². The third kappa shape index (κ3) is 3.70. The van der Waals surface area contributed by atoms with E-state index in [0.29, 0.717) is 5.95 Å². The lowest BCUT2D eigenvalue weighted by Crippen LogP contribution is -2.16. The van der Waals surface area contributed by atoms with Crippen molar-refractivity contribution in [3.63, 3.8) is 0 Å². The van der Waals surface area contributed by atoms with Gasteiger partial charge in [-0.15, -0.1) is 0 Å². The maximum absolute atomic E-state index is 5.62. The molecule has 0 amide bonds. The van der Waals surface area contributed by atoms with Gasteiger partial charge in [0.25, 0.3) is 5.95 Å². The van der Waals surface area contributed by atoms with Crippen LogP contribution in [0.15, 0.2) is 11.5 Å². The normalized spacial score (nSPS) is 9.08. The zero-order valence-electron chi connectivity index (χ0n) is 8.81. The van der Waals surface area contributed by atoms with Crippen LogP contribution >= 0.6 is 0 Å². The smallest absolute Gasteiger partial charge is 0.361 e. The minimum Gasteiger partial charge on any atom is -0.536 e. The molecule has 0 N–H and O–H groups in total. The standard InChI is InChI=1S/C9H19BO2/c1-6-10(7-2)12-9(11-5)8(3)4/h6-7H2,1-5H3. The Balaban J connectivity index is 4.10. The quantitative estimate of drug-likeness (QED) is 0.466. The van der Waals surface area contributed by atoms with Crippen molar-refractivity contribution in [1.29, 1.82) is 0 Å². The van der Waals surface area contributed by atoms with E-state index < -0.39 is 0 Å². The van der Waals surface area contributed by atoms with Gasteiger partial charge in [-0.2, -0.15) is 0 Å². The second-order valence-corrected chi connectivity index (χ2v) is 3.05. The second kappa shape index (κ2) is 5.98. The molecular weight excluding hydrogens is 151 g/mol. The highest BCUT2D eigenvalue weighted by atomic mass is 16.6. The minimum atomic E-state index is 0.287. The van der Waals surface area contributed by atoms with E-state index >= 15 is 0 Å². The summed E-state index contributed by atoms with van der Waals surface area (Å²) < 4.78 is 10.7. The number of ether oxygens (including phenoxy) is 1. The molecule has 0 aromatic carbocycles. The second-order valence-electron chi connectivity index (χ2n) is 3.05. The molecule has 0 spiro atoms. The lowest BCUT2D eigenvalue weighted by Gasteiger charge is -2.15. The van der Waals surface area contributed by atoms with Crippen LogP contribution in [0.3, 0.4) is 0 Å². The first kappa shape index (κ1) is 11.4.